The van der Waals surface area contributed by atoms with E-state index in [1.54, 1.807) is 0 Å². The van der Waals surface area contributed by atoms with Gasteiger partial charge in [-0.25, -0.2) is 0 Å². The van der Waals surface area contributed by atoms with Crippen LogP contribution >= 0.6 is 15.9 Å². The van der Waals surface area contributed by atoms with Gasteiger partial charge >= 0.3 is 0 Å². The highest BCUT2D eigenvalue weighted by Gasteiger charge is 2.08. The number of hydrogen-bond acceptors (Lipinski definition) is 2. The fourth-order valence-corrected chi connectivity index (χ4v) is 2.92. The topological polar surface area (TPSA) is 29.3 Å². The van der Waals surface area contributed by atoms with Crippen LogP contribution in [-0.2, 0) is 6.42 Å². The molecule has 2 aromatic rings. The van der Waals surface area contributed by atoms with E-state index in [1.807, 2.05) is 6.92 Å². The van der Waals surface area contributed by atoms with Gasteiger partial charge in [0, 0.05) is 29.8 Å². The Morgan fingerprint density at radius 2 is 1.85 bits per heavy atom. The molecule has 1 unspecified atom stereocenters. The van der Waals surface area contributed by atoms with Crippen LogP contribution in [-0.4, -0.2) is 13.6 Å². The van der Waals surface area contributed by atoms with Gasteiger partial charge in [-0.05, 0) is 36.6 Å². The highest BCUT2D eigenvalue weighted by Crippen LogP contribution is 2.27. The molecule has 2 aromatic carbocycles. The lowest BCUT2D eigenvalue weighted by molar-refractivity contribution is 0.811. The van der Waals surface area contributed by atoms with Crippen LogP contribution in [0.2, 0.25) is 0 Å². The fraction of sp³-hybridized carbons (Fsp3) is 0.294. The lowest BCUT2D eigenvalue weighted by atomic mass is 10.1. The van der Waals surface area contributed by atoms with Gasteiger partial charge in [0.25, 0.3) is 0 Å². The van der Waals surface area contributed by atoms with Gasteiger partial charge in [-0.15, -0.1) is 0 Å². The molecule has 0 aliphatic rings. The Kier molecular flexibility index (Phi) is 5.21. The Hall–Kier alpha value is -1.32. The molecule has 2 nitrogen and oxygen atoms in total. The van der Waals surface area contributed by atoms with Crippen molar-refractivity contribution < 1.29 is 0 Å². The van der Waals surface area contributed by atoms with Crippen molar-refractivity contribution in [3.63, 3.8) is 0 Å². The van der Waals surface area contributed by atoms with Gasteiger partial charge in [0.1, 0.15) is 0 Å². The van der Waals surface area contributed by atoms with Gasteiger partial charge in [-0.1, -0.05) is 52.3 Å². The van der Waals surface area contributed by atoms with Crippen molar-refractivity contribution in [2.45, 2.75) is 19.4 Å². The Labute approximate surface area is 129 Å². The largest absolute Gasteiger partial charge is 0.374 e. The molecular formula is C17H21BrN2. The molecule has 0 saturated heterocycles. The number of anilines is 1. The van der Waals surface area contributed by atoms with Crippen molar-refractivity contribution in [2.75, 3.05) is 18.5 Å². The molecule has 2 rings (SSSR count). The average Bonchev–Trinajstić information content (AvgIpc) is 2.45. The molecule has 20 heavy (non-hydrogen) atoms. The lowest BCUT2D eigenvalue weighted by Crippen LogP contribution is -2.20. The summed E-state index contributed by atoms with van der Waals surface area (Å²) in [6, 6.07) is 17.0. The van der Waals surface area contributed by atoms with Crippen LogP contribution in [0.5, 0.6) is 0 Å². The third kappa shape index (κ3) is 3.84. The van der Waals surface area contributed by atoms with E-state index in [1.165, 1.54) is 11.3 Å². The Morgan fingerprint density at radius 1 is 1.15 bits per heavy atom. The Bertz CT molecular complexity index is 552. The van der Waals surface area contributed by atoms with Crippen LogP contribution in [0.1, 0.15) is 24.1 Å². The minimum atomic E-state index is 0.0491. The third-order valence-electron chi connectivity index (χ3n) is 3.49. The summed E-state index contributed by atoms with van der Waals surface area (Å²) in [6.45, 7) is 2.99. The number of hydrogen-bond donors (Lipinski definition) is 1. The standard InChI is InChI=1S/C17H21BrN2/c1-13(19)16-9-8-15(12-17(16)18)20(2)11-10-14-6-4-3-5-7-14/h3-9,12-13H,10-11,19H2,1-2H3. The molecule has 0 aliphatic heterocycles. The summed E-state index contributed by atoms with van der Waals surface area (Å²) in [6.07, 6.45) is 1.05. The monoisotopic (exact) mass is 332 g/mol. The molecule has 0 fully saturated rings. The second-order valence-electron chi connectivity index (χ2n) is 5.15. The first-order chi connectivity index (χ1) is 9.58. The highest BCUT2D eigenvalue weighted by atomic mass is 79.9. The maximum atomic E-state index is 5.93. The first-order valence-corrected chi connectivity index (χ1v) is 7.67. The maximum Gasteiger partial charge on any atom is 0.0375 e. The summed E-state index contributed by atoms with van der Waals surface area (Å²) in [4.78, 5) is 2.27. The smallest absolute Gasteiger partial charge is 0.0375 e. The first kappa shape index (κ1) is 15.1. The van der Waals surface area contributed by atoms with E-state index in [4.69, 9.17) is 5.73 Å². The quantitative estimate of drug-likeness (QED) is 0.891. The summed E-state index contributed by atoms with van der Waals surface area (Å²) < 4.78 is 1.08. The molecule has 0 saturated carbocycles. The summed E-state index contributed by atoms with van der Waals surface area (Å²) in [5.74, 6) is 0. The predicted octanol–water partition coefficient (Wildman–Crippen LogP) is 4.15. The zero-order valence-corrected chi connectivity index (χ0v) is 13.6. The molecule has 0 aromatic heterocycles. The molecule has 1 atom stereocenters. The van der Waals surface area contributed by atoms with Crippen molar-refractivity contribution in [2.24, 2.45) is 5.73 Å². The van der Waals surface area contributed by atoms with E-state index in [0.717, 1.165) is 23.0 Å². The predicted molar refractivity (Wildman–Crippen MR) is 90.2 cm³/mol. The molecule has 0 spiro atoms. The fourth-order valence-electron chi connectivity index (χ4n) is 2.19. The highest BCUT2D eigenvalue weighted by molar-refractivity contribution is 9.10. The summed E-state index contributed by atoms with van der Waals surface area (Å²) >= 11 is 3.61. The number of nitrogens with two attached hydrogens (primary N) is 1. The molecule has 0 heterocycles. The average molecular weight is 333 g/mol. The van der Waals surface area contributed by atoms with Gasteiger partial charge in [-0.2, -0.15) is 0 Å². The number of rotatable bonds is 5. The minimum absolute atomic E-state index is 0.0491. The number of likely N-dealkylation sites (N-methyl/N-ethyl adjacent to an activating group) is 1. The van der Waals surface area contributed by atoms with E-state index in [9.17, 15) is 0 Å². The molecule has 0 radical (unpaired) electrons. The first-order valence-electron chi connectivity index (χ1n) is 6.88. The second-order valence-corrected chi connectivity index (χ2v) is 6.01. The second kappa shape index (κ2) is 6.91. The SMILES string of the molecule is CC(N)c1ccc(N(C)CCc2ccccc2)cc1Br. The van der Waals surface area contributed by atoms with Crippen molar-refractivity contribution >= 4 is 21.6 Å². The molecule has 2 N–H and O–H groups in total. The zero-order valence-electron chi connectivity index (χ0n) is 12.0. The van der Waals surface area contributed by atoms with Crippen molar-refractivity contribution in [1.82, 2.24) is 0 Å². The van der Waals surface area contributed by atoms with Crippen molar-refractivity contribution in [3.05, 3.63) is 64.1 Å². The van der Waals surface area contributed by atoms with E-state index in [-0.39, 0.29) is 6.04 Å². The van der Waals surface area contributed by atoms with Gasteiger partial charge < -0.3 is 10.6 Å². The zero-order chi connectivity index (χ0) is 14.5. The lowest BCUT2D eigenvalue weighted by Gasteiger charge is -2.21. The normalized spacial score (nSPS) is 12.2. The number of benzene rings is 2. The molecule has 0 bridgehead atoms. The van der Waals surface area contributed by atoms with E-state index < -0.39 is 0 Å². The Morgan fingerprint density at radius 3 is 2.45 bits per heavy atom. The van der Waals surface area contributed by atoms with E-state index in [0.29, 0.717) is 0 Å². The van der Waals surface area contributed by atoms with Crippen LogP contribution in [0, 0.1) is 0 Å². The number of nitrogens with zero attached hydrogens (tertiary/aromatic N) is 1. The van der Waals surface area contributed by atoms with Crippen molar-refractivity contribution in [1.29, 1.82) is 0 Å². The Balaban J connectivity index is 2.02. The molecule has 0 aliphatic carbocycles. The summed E-state index contributed by atoms with van der Waals surface area (Å²) in [5, 5.41) is 0. The van der Waals surface area contributed by atoms with E-state index >= 15 is 0 Å². The molecule has 106 valence electrons. The van der Waals surface area contributed by atoms with Gasteiger partial charge in [-0.3, -0.25) is 0 Å². The van der Waals surface area contributed by atoms with Crippen LogP contribution in [0.3, 0.4) is 0 Å². The van der Waals surface area contributed by atoms with Crippen LogP contribution in [0.15, 0.2) is 53.0 Å². The molecular weight excluding hydrogens is 312 g/mol. The van der Waals surface area contributed by atoms with Crippen LogP contribution in [0.25, 0.3) is 0 Å². The minimum Gasteiger partial charge on any atom is -0.374 e. The van der Waals surface area contributed by atoms with Gasteiger partial charge in [0.2, 0.25) is 0 Å². The van der Waals surface area contributed by atoms with Crippen molar-refractivity contribution in [3.8, 4) is 0 Å². The number of halogens is 1. The van der Waals surface area contributed by atoms with Crippen LogP contribution < -0.4 is 10.6 Å². The maximum absolute atomic E-state index is 5.93. The van der Waals surface area contributed by atoms with E-state index in [2.05, 4.69) is 76.4 Å². The third-order valence-corrected chi connectivity index (χ3v) is 4.18. The molecule has 3 heteroatoms. The summed E-state index contributed by atoms with van der Waals surface area (Å²) in [7, 11) is 2.12. The van der Waals surface area contributed by atoms with Gasteiger partial charge in [0.15, 0.2) is 0 Å². The molecule has 0 amide bonds. The van der Waals surface area contributed by atoms with Crippen LogP contribution in [0.4, 0.5) is 5.69 Å². The van der Waals surface area contributed by atoms with Gasteiger partial charge in [0.05, 0.1) is 0 Å². The summed E-state index contributed by atoms with van der Waals surface area (Å²) in [5.41, 5.74) is 9.65.